The van der Waals surface area contributed by atoms with Crippen LogP contribution in [0.5, 0.6) is 0 Å². The van der Waals surface area contributed by atoms with Crippen LogP contribution in [0.3, 0.4) is 0 Å². The molecule has 2 rings (SSSR count). The fraction of sp³-hybridized carbons (Fsp3) is 0.917. The fourth-order valence-corrected chi connectivity index (χ4v) is 3.41. The van der Waals surface area contributed by atoms with Crippen molar-refractivity contribution in [2.75, 3.05) is 33.4 Å². The second-order valence-corrected chi connectivity index (χ2v) is 5.20. The quantitative estimate of drug-likeness (QED) is 0.764. The number of rotatable bonds is 4. The molecule has 1 saturated carbocycles. The van der Waals surface area contributed by atoms with Crippen molar-refractivity contribution in [1.82, 2.24) is 4.90 Å². The van der Waals surface area contributed by atoms with Crippen molar-refractivity contribution in [3.63, 3.8) is 0 Å². The van der Waals surface area contributed by atoms with Gasteiger partial charge in [0.05, 0.1) is 6.61 Å². The number of nitrogens with two attached hydrogens (primary N) is 1. The fourth-order valence-electron chi connectivity index (χ4n) is 3.41. The summed E-state index contributed by atoms with van der Waals surface area (Å²) in [7, 11) is 1.76. The van der Waals surface area contributed by atoms with Crippen molar-refractivity contribution in [3.05, 3.63) is 0 Å². The van der Waals surface area contributed by atoms with Crippen LogP contribution in [0.4, 0.5) is 0 Å². The number of fused-ring (bicyclic) bond motifs is 1. The lowest BCUT2D eigenvalue weighted by atomic mass is 9.82. The van der Waals surface area contributed by atoms with E-state index in [-0.39, 0.29) is 11.3 Å². The lowest BCUT2D eigenvalue weighted by Crippen LogP contribution is -2.35. The molecule has 0 radical (unpaired) electrons. The molecule has 0 aromatic carbocycles. The van der Waals surface area contributed by atoms with E-state index < -0.39 is 0 Å². The summed E-state index contributed by atoms with van der Waals surface area (Å²) in [5.41, 5.74) is 5.68. The summed E-state index contributed by atoms with van der Waals surface area (Å²) in [6, 6.07) is 0. The Hall–Kier alpha value is -0.610. The summed E-state index contributed by atoms with van der Waals surface area (Å²) >= 11 is 0. The molecule has 1 aliphatic carbocycles. The van der Waals surface area contributed by atoms with Crippen molar-refractivity contribution in [2.45, 2.75) is 25.7 Å². The highest BCUT2D eigenvalue weighted by Gasteiger charge is 2.50. The largest absolute Gasteiger partial charge is 0.384 e. The SMILES string of the molecule is COC[C@]12CCC[C@@H]1CN(C(=O)CCN)C2. The Kier molecular flexibility index (Phi) is 3.50. The maximum absolute atomic E-state index is 11.8. The highest BCUT2D eigenvalue weighted by molar-refractivity contribution is 5.76. The van der Waals surface area contributed by atoms with E-state index in [4.69, 9.17) is 10.5 Å². The molecular formula is C12H22N2O2. The molecule has 2 N–H and O–H groups in total. The van der Waals surface area contributed by atoms with Gasteiger partial charge >= 0.3 is 0 Å². The van der Waals surface area contributed by atoms with E-state index in [9.17, 15) is 4.79 Å². The van der Waals surface area contributed by atoms with Crippen LogP contribution in [0.2, 0.25) is 0 Å². The van der Waals surface area contributed by atoms with Gasteiger partial charge in [-0.05, 0) is 18.8 Å². The minimum absolute atomic E-state index is 0.215. The smallest absolute Gasteiger partial charge is 0.223 e. The van der Waals surface area contributed by atoms with Gasteiger partial charge in [0.15, 0.2) is 0 Å². The van der Waals surface area contributed by atoms with Crippen molar-refractivity contribution in [3.8, 4) is 0 Å². The third kappa shape index (κ3) is 1.96. The van der Waals surface area contributed by atoms with Gasteiger partial charge in [0.1, 0.15) is 0 Å². The zero-order valence-electron chi connectivity index (χ0n) is 10.1. The molecule has 4 heteroatoms. The molecule has 1 saturated heterocycles. The summed E-state index contributed by atoms with van der Waals surface area (Å²) in [6.07, 6.45) is 4.22. The Bertz CT molecular complexity index is 270. The Morgan fingerprint density at radius 1 is 1.62 bits per heavy atom. The Labute approximate surface area is 97.1 Å². The first-order valence-electron chi connectivity index (χ1n) is 6.18. The highest BCUT2D eigenvalue weighted by Crippen LogP contribution is 2.48. The number of carbonyl (C=O) groups excluding carboxylic acids is 1. The van der Waals surface area contributed by atoms with Gasteiger partial charge in [-0.1, -0.05) is 6.42 Å². The van der Waals surface area contributed by atoms with Crippen LogP contribution in [0.1, 0.15) is 25.7 Å². The Morgan fingerprint density at radius 3 is 3.12 bits per heavy atom. The average Bonchev–Trinajstić information content (AvgIpc) is 2.74. The highest BCUT2D eigenvalue weighted by atomic mass is 16.5. The van der Waals surface area contributed by atoms with Crippen LogP contribution in [0.25, 0.3) is 0 Å². The summed E-state index contributed by atoms with van der Waals surface area (Å²) in [6.45, 7) is 3.05. The van der Waals surface area contributed by atoms with E-state index in [1.165, 1.54) is 19.3 Å². The average molecular weight is 226 g/mol. The van der Waals surface area contributed by atoms with E-state index >= 15 is 0 Å². The molecule has 0 aromatic heterocycles. The monoisotopic (exact) mass is 226 g/mol. The van der Waals surface area contributed by atoms with Crippen LogP contribution in [-0.4, -0.2) is 44.2 Å². The molecule has 0 spiro atoms. The second kappa shape index (κ2) is 4.72. The third-order valence-electron chi connectivity index (χ3n) is 4.18. The van der Waals surface area contributed by atoms with Crippen molar-refractivity contribution in [1.29, 1.82) is 0 Å². The molecule has 0 aromatic rings. The van der Waals surface area contributed by atoms with Crippen molar-refractivity contribution >= 4 is 5.91 Å². The second-order valence-electron chi connectivity index (χ2n) is 5.20. The lowest BCUT2D eigenvalue weighted by molar-refractivity contribution is -0.130. The van der Waals surface area contributed by atoms with Crippen LogP contribution in [-0.2, 0) is 9.53 Å². The van der Waals surface area contributed by atoms with Gasteiger partial charge in [-0.15, -0.1) is 0 Å². The number of hydrogen-bond acceptors (Lipinski definition) is 3. The number of amides is 1. The maximum atomic E-state index is 11.8. The normalized spacial score (nSPS) is 33.1. The number of likely N-dealkylation sites (tertiary alicyclic amines) is 1. The Morgan fingerprint density at radius 2 is 2.44 bits per heavy atom. The number of ether oxygens (including phenoxy) is 1. The summed E-state index contributed by atoms with van der Waals surface area (Å²) in [4.78, 5) is 13.8. The van der Waals surface area contributed by atoms with Gasteiger partial charge < -0.3 is 15.4 Å². The van der Waals surface area contributed by atoms with Gasteiger partial charge in [-0.25, -0.2) is 0 Å². The van der Waals surface area contributed by atoms with Crippen molar-refractivity contribution < 1.29 is 9.53 Å². The summed E-state index contributed by atoms with van der Waals surface area (Å²) in [5, 5.41) is 0. The minimum Gasteiger partial charge on any atom is -0.384 e. The van der Waals surface area contributed by atoms with Gasteiger partial charge in [0, 0.05) is 38.6 Å². The molecule has 92 valence electrons. The molecular weight excluding hydrogens is 204 g/mol. The predicted molar refractivity (Wildman–Crippen MR) is 61.9 cm³/mol. The summed E-state index contributed by atoms with van der Waals surface area (Å²) < 4.78 is 5.36. The van der Waals surface area contributed by atoms with Gasteiger partial charge in [-0.3, -0.25) is 4.79 Å². The van der Waals surface area contributed by atoms with E-state index in [2.05, 4.69) is 0 Å². The first kappa shape index (κ1) is 11.9. The number of nitrogens with zero attached hydrogens (tertiary/aromatic N) is 1. The lowest BCUT2D eigenvalue weighted by Gasteiger charge is -2.27. The zero-order valence-corrected chi connectivity index (χ0v) is 10.1. The third-order valence-corrected chi connectivity index (χ3v) is 4.18. The van der Waals surface area contributed by atoms with E-state index in [1.807, 2.05) is 4.90 Å². The van der Waals surface area contributed by atoms with E-state index in [1.54, 1.807) is 7.11 Å². The van der Waals surface area contributed by atoms with Crippen LogP contribution >= 0.6 is 0 Å². The van der Waals surface area contributed by atoms with Gasteiger partial charge in [0.2, 0.25) is 5.91 Å². The molecule has 0 bridgehead atoms. The number of hydrogen-bond donors (Lipinski definition) is 1. The first-order chi connectivity index (χ1) is 7.72. The standard InChI is InChI=1S/C12H22N2O2/c1-16-9-12-5-2-3-10(12)7-14(8-12)11(15)4-6-13/h10H,2-9,13H2,1H3/t10-,12-/m1/s1. The molecule has 0 unspecified atom stereocenters. The molecule has 2 aliphatic rings. The van der Waals surface area contributed by atoms with Crippen LogP contribution in [0, 0.1) is 11.3 Å². The molecule has 4 nitrogen and oxygen atoms in total. The zero-order chi connectivity index (χ0) is 11.6. The van der Waals surface area contributed by atoms with Crippen LogP contribution < -0.4 is 5.73 Å². The van der Waals surface area contributed by atoms with E-state index in [0.29, 0.717) is 18.9 Å². The predicted octanol–water partition coefficient (Wildman–Crippen LogP) is 0.610. The number of methoxy groups -OCH3 is 1. The first-order valence-corrected chi connectivity index (χ1v) is 6.18. The molecule has 16 heavy (non-hydrogen) atoms. The topological polar surface area (TPSA) is 55.6 Å². The van der Waals surface area contributed by atoms with Gasteiger partial charge in [0.25, 0.3) is 0 Å². The maximum Gasteiger partial charge on any atom is 0.223 e. The number of carbonyl (C=O) groups is 1. The molecule has 2 fully saturated rings. The van der Waals surface area contributed by atoms with Crippen LogP contribution in [0.15, 0.2) is 0 Å². The van der Waals surface area contributed by atoms with Gasteiger partial charge in [-0.2, -0.15) is 0 Å². The molecule has 1 heterocycles. The minimum atomic E-state index is 0.215. The summed E-state index contributed by atoms with van der Waals surface area (Å²) in [5.74, 6) is 0.863. The van der Waals surface area contributed by atoms with E-state index in [0.717, 1.165) is 19.7 Å². The molecule has 2 atom stereocenters. The Balaban J connectivity index is 2.01. The van der Waals surface area contributed by atoms with Crippen molar-refractivity contribution in [2.24, 2.45) is 17.1 Å². The molecule has 1 amide bonds. The molecule has 1 aliphatic heterocycles.